The average Bonchev–Trinajstić information content (AvgIpc) is 3.28. The van der Waals surface area contributed by atoms with Gasteiger partial charge in [-0.05, 0) is 74.9 Å². The Morgan fingerprint density at radius 2 is 1.82 bits per heavy atom. The predicted octanol–water partition coefficient (Wildman–Crippen LogP) is 5.18. The molecule has 0 spiro atoms. The van der Waals surface area contributed by atoms with E-state index in [2.05, 4.69) is 31.8 Å². The average molecular weight is 613 g/mol. The maximum absolute atomic E-state index is 12.7. The van der Waals surface area contributed by atoms with Crippen molar-refractivity contribution in [2.75, 3.05) is 11.9 Å². The zero-order valence-corrected chi connectivity index (χ0v) is 23.7. The molecule has 2 amide bonds. The Labute approximate surface area is 237 Å². The van der Waals surface area contributed by atoms with Crippen LogP contribution in [0, 0.1) is 6.92 Å². The van der Waals surface area contributed by atoms with Crippen LogP contribution in [0.5, 0.6) is 5.75 Å². The van der Waals surface area contributed by atoms with Gasteiger partial charge in [0.1, 0.15) is 10.8 Å². The van der Waals surface area contributed by atoms with E-state index in [1.54, 1.807) is 37.3 Å². The van der Waals surface area contributed by atoms with E-state index in [9.17, 15) is 19.2 Å². The Morgan fingerprint density at radius 3 is 2.59 bits per heavy atom. The molecule has 11 heteroatoms. The van der Waals surface area contributed by atoms with E-state index in [4.69, 9.17) is 9.47 Å². The molecule has 0 bridgehead atoms. The first kappa shape index (κ1) is 28.2. The number of fused-ring (bicyclic) bond motifs is 1. The molecular weight excluding hydrogens is 586 g/mol. The predicted molar refractivity (Wildman–Crippen MR) is 152 cm³/mol. The molecule has 0 unspecified atom stereocenters. The summed E-state index contributed by atoms with van der Waals surface area (Å²) in [5.74, 6) is -2.84. The van der Waals surface area contributed by atoms with Crippen LogP contribution in [-0.2, 0) is 27.2 Å². The third-order valence-corrected chi connectivity index (χ3v) is 7.69. The molecule has 0 fully saturated rings. The van der Waals surface area contributed by atoms with Crippen LogP contribution in [0.3, 0.4) is 0 Å². The summed E-state index contributed by atoms with van der Waals surface area (Å²) < 4.78 is 11.4. The third kappa shape index (κ3) is 6.79. The quantitative estimate of drug-likeness (QED) is 0.125. The van der Waals surface area contributed by atoms with Gasteiger partial charge in [0.25, 0.3) is 0 Å². The minimum absolute atomic E-state index is 0.198. The molecule has 0 saturated carbocycles. The van der Waals surface area contributed by atoms with Crippen molar-refractivity contribution in [2.24, 2.45) is 5.10 Å². The van der Waals surface area contributed by atoms with Gasteiger partial charge in [-0.15, -0.1) is 11.3 Å². The summed E-state index contributed by atoms with van der Waals surface area (Å²) in [5.41, 5.74) is 4.95. The van der Waals surface area contributed by atoms with Crippen LogP contribution in [0.1, 0.15) is 62.0 Å². The number of benzene rings is 2. The number of hydrogen-bond donors (Lipinski definition) is 2. The minimum Gasteiger partial charge on any atom is -0.462 e. The van der Waals surface area contributed by atoms with E-state index in [1.165, 1.54) is 17.6 Å². The number of halogens is 1. The van der Waals surface area contributed by atoms with Gasteiger partial charge in [0, 0.05) is 14.9 Å². The van der Waals surface area contributed by atoms with Gasteiger partial charge >= 0.3 is 23.8 Å². The van der Waals surface area contributed by atoms with Gasteiger partial charge in [0.05, 0.1) is 23.9 Å². The Kier molecular flexibility index (Phi) is 9.26. The molecule has 202 valence electrons. The zero-order chi connectivity index (χ0) is 27.9. The highest BCUT2D eigenvalue weighted by molar-refractivity contribution is 9.10. The van der Waals surface area contributed by atoms with E-state index in [-0.39, 0.29) is 12.4 Å². The number of hydrogen-bond acceptors (Lipinski definition) is 8. The molecule has 0 saturated heterocycles. The van der Waals surface area contributed by atoms with Crippen LogP contribution in [0.2, 0.25) is 0 Å². The number of nitrogens with one attached hydrogen (secondary N) is 2. The number of esters is 2. The van der Waals surface area contributed by atoms with Crippen molar-refractivity contribution in [3.05, 3.63) is 79.6 Å². The number of carbonyl (C=O) groups is 4. The van der Waals surface area contributed by atoms with E-state index in [0.29, 0.717) is 26.2 Å². The van der Waals surface area contributed by atoms with Crippen molar-refractivity contribution in [1.29, 1.82) is 0 Å². The molecule has 3 aromatic rings. The van der Waals surface area contributed by atoms with Gasteiger partial charge in [-0.25, -0.2) is 15.0 Å². The fourth-order valence-electron chi connectivity index (χ4n) is 4.11. The number of amides is 2. The van der Waals surface area contributed by atoms with Crippen LogP contribution in [-0.4, -0.2) is 36.6 Å². The Balaban J connectivity index is 1.45. The third-order valence-electron chi connectivity index (χ3n) is 5.99. The standard InChI is InChI=1S/C28H26BrN3O6S/c1-3-37-28(36)23-20-10-6-7-11-22(20)39-26(23)31-24(33)25(34)32-30-15-17-14-18(29)12-13-21(17)38-27(35)19-9-5-4-8-16(19)2/h4-5,8-9,12-15H,3,6-7,10-11H2,1-2H3,(H,31,33)(H,32,34)/b30-15+. The number of ether oxygens (including phenoxy) is 2. The normalized spacial score (nSPS) is 12.5. The molecule has 1 aliphatic carbocycles. The summed E-state index contributed by atoms with van der Waals surface area (Å²) in [4.78, 5) is 51.4. The van der Waals surface area contributed by atoms with Crippen LogP contribution in [0.25, 0.3) is 0 Å². The van der Waals surface area contributed by atoms with Gasteiger partial charge in [-0.1, -0.05) is 34.1 Å². The van der Waals surface area contributed by atoms with E-state index >= 15 is 0 Å². The Bertz CT molecular complexity index is 1470. The lowest BCUT2D eigenvalue weighted by Gasteiger charge is -2.12. The number of hydrazone groups is 1. The maximum Gasteiger partial charge on any atom is 0.343 e. The van der Waals surface area contributed by atoms with E-state index in [1.807, 2.05) is 19.1 Å². The smallest absolute Gasteiger partial charge is 0.343 e. The molecule has 0 atom stereocenters. The summed E-state index contributed by atoms with van der Waals surface area (Å²) in [6.07, 6.45) is 4.73. The van der Waals surface area contributed by atoms with Crippen LogP contribution < -0.4 is 15.5 Å². The highest BCUT2D eigenvalue weighted by Gasteiger charge is 2.28. The second-order valence-corrected chi connectivity index (χ2v) is 10.7. The van der Waals surface area contributed by atoms with E-state index in [0.717, 1.165) is 41.7 Å². The van der Waals surface area contributed by atoms with Gasteiger partial charge in [0.15, 0.2) is 0 Å². The molecule has 1 aromatic heterocycles. The molecule has 9 nitrogen and oxygen atoms in total. The van der Waals surface area contributed by atoms with Crippen molar-refractivity contribution in [3.63, 3.8) is 0 Å². The number of aryl methyl sites for hydroxylation is 2. The van der Waals surface area contributed by atoms with Crippen LogP contribution in [0.4, 0.5) is 5.00 Å². The van der Waals surface area contributed by atoms with Crippen molar-refractivity contribution in [2.45, 2.75) is 39.5 Å². The first-order chi connectivity index (χ1) is 18.8. The lowest BCUT2D eigenvalue weighted by atomic mass is 9.95. The summed E-state index contributed by atoms with van der Waals surface area (Å²) >= 11 is 4.65. The number of rotatable bonds is 7. The number of nitrogens with zero attached hydrogens (tertiary/aromatic N) is 1. The highest BCUT2D eigenvalue weighted by atomic mass is 79.9. The molecule has 1 aliphatic rings. The first-order valence-electron chi connectivity index (χ1n) is 12.3. The van der Waals surface area contributed by atoms with Gasteiger partial charge in [-0.2, -0.15) is 5.10 Å². The van der Waals surface area contributed by atoms with Gasteiger partial charge < -0.3 is 14.8 Å². The first-order valence-corrected chi connectivity index (χ1v) is 13.9. The molecule has 2 N–H and O–H groups in total. The highest BCUT2D eigenvalue weighted by Crippen LogP contribution is 2.38. The summed E-state index contributed by atoms with van der Waals surface area (Å²) in [7, 11) is 0. The zero-order valence-electron chi connectivity index (χ0n) is 21.3. The molecule has 2 aromatic carbocycles. The molecule has 4 rings (SSSR count). The summed E-state index contributed by atoms with van der Waals surface area (Å²) in [5, 5.41) is 6.70. The van der Waals surface area contributed by atoms with Crippen molar-refractivity contribution < 1.29 is 28.7 Å². The Morgan fingerprint density at radius 1 is 1.05 bits per heavy atom. The van der Waals surface area contributed by atoms with Gasteiger partial charge in [0.2, 0.25) is 0 Å². The van der Waals surface area contributed by atoms with Crippen LogP contribution in [0.15, 0.2) is 52.0 Å². The van der Waals surface area contributed by atoms with Crippen molar-refractivity contribution in [1.82, 2.24) is 5.43 Å². The Hall–Kier alpha value is -3.83. The molecular formula is C28H26BrN3O6S. The topological polar surface area (TPSA) is 123 Å². The second-order valence-electron chi connectivity index (χ2n) is 8.68. The number of carbonyl (C=O) groups excluding carboxylic acids is 4. The fraction of sp³-hybridized carbons (Fsp3) is 0.250. The lowest BCUT2D eigenvalue weighted by Crippen LogP contribution is -2.32. The molecule has 0 radical (unpaired) electrons. The van der Waals surface area contributed by atoms with Crippen molar-refractivity contribution >= 4 is 62.2 Å². The number of thiophene rings is 1. The molecule has 39 heavy (non-hydrogen) atoms. The van der Waals surface area contributed by atoms with Crippen LogP contribution >= 0.6 is 27.3 Å². The molecule has 0 aliphatic heterocycles. The lowest BCUT2D eigenvalue weighted by molar-refractivity contribution is -0.136. The van der Waals surface area contributed by atoms with E-state index < -0.39 is 23.8 Å². The van der Waals surface area contributed by atoms with Gasteiger partial charge in [-0.3, -0.25) is 9.59 Å². The monoisotopic (exact) mass is 611 g/mol. The largest absolute Gasteiger partial charge is 0.462 e. The van der Waals surface area contributed by atoms with Crippen molar-refractivity contribution in [3.8, 4) is 5.75 Å². The second kappa shape index (κ2) is 12.8. The summed E-state index contributed by atoms with van der Waals surface area (Å²) in [6.45, 7) is 3.72. The SMILES string of the molecule is CCOC(=O)c1c(NC(=O)C(=O)N/N=C/c2cc(Br)ccc2OC(=O)c2ccccc2C)sc2c1CCCC2. The number of anilines is 1. The maximum atomic E-state index is 12.7. The fourth-order valence-corrected chi connectivity index (χ4v) is 5.77. The molecule has 1 heterocycles. The minimum atomic E-state index is -1.03. The summed E-state index contributed by atoms with van der Waals surface area (Å²) in [6, 6.07) is 12.0.